The zero-order chi connectivity index (χ0) is 13.8. The molecule has 2 N–H and O–H groups in total. The second-order valence-electron chi connectivity index (χ2n) is 5.63. The van der Waals surface area contributed by atoms with Crippen LogP contribution in [0.4, 0.5) is 5.69 Å². The van der Waals surface area contributed by atoms with E-state index in [4.69, 9.17) is 4.74 Å². The summed E-state index contributed by atoms with van der Waals surface area (Å²) >= 11 is 0. The number of fused-ring (bicyclic) bond motifs is 1. The number of ether oxygens (including phenoxy) is 1. The van der Waals surface area contributed by atoms with Gasteiger partial charge in [0.25, 0.3) is 0 Å². The van der Waals surface area contributed by atoms with Crippen LogP contribution in [0.5, 0.6) is 0 Å². The van der Waals surface area contributed by atoms with Gasteiger partial charge in [-0.05, 0) is 37.3 Å². The highest BCUT2D eigenvalue weighted by Gasteiger charge is 2.26. The smallest absolute Gasteiger partial charge is 0.242 e. The van der Waals surface area contributed by atoms with Crippen LogP contribution in [0.2, 0.25) is 0 Å². The molecule has 3 rings (SSSR count). The summed E-state index contributed by atoms with van der Waals surface area (Å²) < 4.78 is 5.67. The summed E-state index contributed by atoms with van der Waals surface area (Å²) in [6.45, 7) is 1.58. The maximum absolute atomic E-state index is 12.1. The fraction of sp³-hybridized carbons (Fsp3) is 0.562. The number of carbonyl (C=O) groups excluding carboxylic acids is 1. The lowest BCUT2D eigenvalue weighted by molar-refractivity contribution is -0.121. The van der Waals surface area contributed by atoms with Gasteiger partial charge in [0, 0.05) is 25.3 Å². The van der Waals surface area contributed by atoms with Crippen molar-refractivity contribution >= 4 is 11.6 Å². The number of hydrogen-bond acceptors (Lipinski definition) is 3. The molecule has 0 radical (unpaired) electrons. The first-order valence-electron chi connectivity index (χ1n) is 7.57. The first-order chi connectivity index (χ1) is 9.83. The SMILES string of the molecule is O=C(NCCC1CCCCO1)C1Cc2ccccc2N1. The van der Waals surface area contributed by atoms with E-state index in [9.17, 15) is 4.79 Å². The summed E-state index contributed by atoms with van der Waals surface area (Å²) in [5, 5.41) is 6.30. The molecule has 2 heterocycles. The van der Waals surface area contributed by atoms with E-state index in [0.717, 1.165) is 31.6 Å². The van der Waals surface area contributed by atoms with E-state index in [1.807, 2.05) is 18.2 Å². The van der Waals surface area contributed by atoms with E-state index in [-0.39, 0.29) is 11.9 Å². The van der Waals surface area contributed by atoms with Crippen LogP contribution >= 0.6 is 0 Å². The first-order valence-corrected chi connectivity index (χ1v) is 7.57. The minimum atomic E-state index is -0.125. The Bertz CT molecular complexity index is 444. The van der Waals surface area contributed by atoms with Crippen molar-refractivity contribution in [2.75, 3.05) is 18.5 Å². The second-order valence-corrected chi connectivity index (χ2v) is 5.63. The van der Waals surface area contributed by atoms with E-state index in [1.54, 1.807) is 0 Å². The van der Waals surface area contributed by atoms with Gasteiger partial charge in [0.1, 0.15) is 6.04 Å². The largest absolute Gasteiger partial charge is 0.378 e. The molecule has 0 saturated carbocycles. The van der Waals surface area contributed by atoms with Crippen molar-refractivity contribution < 1.29 is 9.53 Å². The van der Waals surface area contributed by atoms with Gasteiger partial charge in [0.15, 0.2) is 0 Å². The normalized spacial score (nSPS) is 24.8. The number of para-hydroxylation sites is 1. The number of nitrogens with one attached hydrogen (secondary N) is 2. The van der Waals surface area contributed by atoms with Gasteiger partial charge in [-0.1, -0.05) is 18.2 Å². The molecule has 4 nitrogen and oxygen atoms in total. The number of carbonyl (C=O) groups is 1. The highest BCUT2D eigenvalue weighted by Crippen LogP contribution is 2.25. The molecule has 0 aliphatic carbocycles. The molecule has 2 aliphatic rings. The molecule has 1 aromatic rings. The summed E-state index contributed by atoms with van der Waals surface area (Å²) in [6.07, 6.45) is 5.58. The Labute approximate surface area is 119 Å². The molecule has 0 spiro atoms. The number of rotatable bonds is 4. The summed E-state index contributed by atoms with van der Waals surface area (Å²) in [5.41, 5.74) is 2.31. The Morgan fingerprint density at radius 3 is 3.05 bits per heavy atom. The second kappa shape index (κ2) is 6.27. The number of benzene rings is 1. The number of anilines is 1. The lowest BCUT2D eigenvalue weighted by Gasteiger charge is -2.22. The third-order valence-corrected chi connectivity index (χ3v) is 4.13. The van der Waals surface area contributed by atoms with Crippen LogP contribution in [0.1, 0.15) is 31.2 Å². The molecule has 0 bridgehead atoms. The Hall–Kier alpha value is -1.55. The van der Waals surface area contributed by atoms with Gasteiger partial charge in [-0.2, -0.15) is 0 Å². The van der Waals surface area contributed by atoms with Crippen LogP contribution in [0.15, 0.2) is 24.3 Å². The lowest BCUT2D eigenvalue weighted by atomic mass is 10.1. The van der Waals surface area contributed by atoms with Crippen molar-refractivity contribution in [3.8, 4) is 0 Å². The van der Waals surface area contributed by atoms with Gasteiger partial charge < -0.3 is 15.4 Å². The summed E-state index contributed by atoms with van der Waals surface area (Å²) in [6, 6.07) is 7.98. The van der Waals surface area contributed by atoms with Gasteiger partial charge in [-0.15, -0.1) is 0 Å². The predicted molar refractivity (Wildman–Crippen MR) is 78.8 cm³/mol. The van der Waals surface area contributed by atoms with Gasteiger partial charge in [0.05, 0.1) is 6.10 Å². The molecule has 0 aromatic heterocycles. The highest BCUT2D eigenvalue weighted by molar-refractivity contribution is 5.87. The average molecular weight is 274 g/mol. The maximum atomic E-state index is 12.1. The predicted octanol–water partition coefficient (Wildman–Crippen LogP) is 2.10. The fourth-order valence-corrected chi connectivity index (χ4v) is 2.97. The zero-order valence-corrected chi connectivity index (χ0v) is 11.7. The molecule has 2 unspecified atom stereocenters. The van der Waals surface area contributed by atoms with Crippen molar-refractivity contribution in [2.24, 2.45) is 0 Å². The monoisotopic (exact) mass is 274 g/mol. The molecule has 4 heteroatoms. The molecule has 20 heavy (non-hydrogen) atoms. The topological polar surface area (TPSA) is 50.4 Å². The maximum Gasteiger partial charge on any atom is 0.242 e. The quantitative estimate of drug-likeness (QED) is 0.884. The van der Waals surface area contributed by atoms with Gasteiger partial charge in [-0.25, -0.2) is 0 Å². The molecule has 2 atom stereocenters. The van der Waals surface area contributed by atoms with Crippen molar-refractivity contribution in [2.45, 2.75) is 44.2 Å². The van der Waals surface area contributed by atoms with Crippen molar-refractivity contribution in [3.05, 3.63) is 29.8 Å². The summed E-state index contributed by atoms with van der Waals surface area (Å²) in [5.74, 6) is 0.0945. The summed E-state index contributed by atoms with van der Waals surface area (Å²) in [7, 11) is 0. The summed E-state index contributed by atoms with van der Waals surface area (Å²) in [4.78, 5) is 12.1. The molecular weight excluding hydrogens is 252 g/mol. The van der Waals surface area contributed by atoms with Crippen LogP contribution < -0.4 is 10.6 Å². The molecule has 1 amide bonds. The molecule has 2 aliphatic heterocycles. The molecular formula is C16H22N2O2. The fourth-order valence-electron chi connectivity index (χ4n) is 2.97. The Kier molecular flexibility index (Phi) is 4.21. The van der Waals surface area contributed by atoms with Gasteiger partial charge in [0.2, 0.25) is 5.91 Å². The number of amides is 1. The van der Waals surface area contributed by atoms with Crippen LogP contribution in [0, 0.1) is 0 Å². The Morgan fingerprint density at radius 2 is 2.25 bits per heavy atom. The van der Waals surface area contributed by atoms with E-state index < -0.39 is 0 Å². The third-order valence-electron chi connectivity index (χ3n) is 4.13. The zero-order valence-electron chi connectivity index (χ0n) is 11.7. The van der Waals surface area contributed by atoms with Crippen LogP contribution in [-0.2, 0) is 16.0 Å². The van der Waals surface area contributed by atoms with E-state index in [0.29, 0.717) is 12.6 Å². The van der Waals surface area contributed by atoms with E-state index in [1.165, 1.54) is 18.4 Å². The molecule has 1 fully saturated rings. The Balaban J connectivity index is 1.42. The van der Waals surface area contributed by atoms with Gasteiger partial charge >= 0.3 is 0 Å². The first kappa shape index (κ1) is 13.4. The minimum absolute atomic E-state index is 0.0945. The molecule has 1 aromatic carbocycles. The number of hydrogen-bond donors (Lipinski definition) is 2. The third kappa shape index (κ3) is 3.12. The van der Waals surface area contributed by atoms with Crippen LogP contribution in [0.25, 0.3) is 0 Å². The average Bonchev–Trinajstić information content (AvgIpc) is 2.92. The van der Waals surface area contributed by atoms with Crippen molar-refractivity contribution in [1.29, 1.82) is 0 Å². The van der Waals surface area contributed by atoms with Crippen LogP contribution in [0.3, 0.4) is 0 Å². The van der Waals surface area contributed by atoms with Crippen molar-refractivity contribution in [3.63, 3.8) is 0 Å². The standard InChI is InChI=1S/C16H22N2O2/c19-16(17-9-8-13-6-3-4-10-20-13)15-11-12-5-1-2-7-14(12)18-15/h1-2,5,7,13,15,18H,3-4,6,8-11H2,(H,17,19). The minimum Gasteiger partial charge on any atom is -0.378 e. The Morgan fingerprint density at radius 1 is 1.35 bits per heavy atom. The van der Waals surface area contributed by atoms with E-state index >= 15 is 0 Å². The van der Waals surface area contributed by atoms with Crippen LogP contribution in [-0.4, -0.2) is 31.2 Å². The molecule has 1 saturated heterocycles. The van der Waals surface area contributed by atoms with Gasteiger partial charge in [-0.3, -0.25) is 4.79 Å². The van der Waals surface area contributed by atoms with E-state index in [2.05, 4.69) is 16.7 Å². The lowest BCUT2D eigenvalue weighted by Crippen LogP contribution is -2.39. The highest BCUT2D eigenvalue weighted by atomic mass is 16.5. The van der Waals surface area contributed by atoms with Crippen molar-refractivity contribution in [1.82, 2.24) is 5.32 Å². The molecule has 108 valence electrons.